The molecule has 0 spiro atoms. The third-order valence-corrected chi connectivity index (χ3v) is 1.83. The van der Waals surface area contributed by atoms with E-state index in [0.717, 1.165) is 11.6 Å². The van der Waals surface area contributed by atoms with Gasteiger partial charge < -0.3 is 0 Å². The molecule has 14 heavy (non-hydrogen) atoms. The molecule has 0 rings (SSSR count). The van der Waals surface area contributed by atoms with Gasteiger partial charge in [0.1, 0.15) is 5.83 Å². The largest absolute Gasteiger partial charge is 0.294 e. The van der Waals surface area contributed by atoms with Crippen molar-refractivity contribution in [2.45, 2.75) is 20.3 Å². The number of hydrogen-bond acceptors (Lipinski definition) is 1. The maximum atomic E-state index is 12.9. The molecule has 0 aromatic carbocycles. The molecule has 0 aliphatic heterocycles. The van der Waals surface area contributed by atoms with Crippen LogP contribution in [0.2, 0.25) is 0 Å². The minimum atomic E-state index is -0.511. The Morgan fingerprint density at radius 1 is 1.36 bits per heavy atom. The fourth-order valence-electron chi connectivity index (χ4n) is 1.06. The van der Waals surface area contributed by atoms with Crippen molar-refractivity contribution in [2.24, 2.45) is 0 Å². The van der Waals surface area contributed by atoms with Gasteiger partial charge in [0.15, 0.2) is 5.78 Å². The molecular formula is C12H15FO. The minimum Gasteiger partial charge on any atom is -0.294 e. The van der Waals surface area contributed by atoms with E-state index in [-0.39, 0.29) is 5.78 Å². The van der Waals surface area contributed by atoms with Crippen LogP contribution >= 0.6 is 0 Å². The van der Waals surface area contributed by atoms with Crippen LogP contribution in [-0.4, -0.2) is 5.78 Å². The lowest BCUT2D eigenvalue weighted by atomic mass is 10.0. The highest BCUT2D eigenvalue weighted by Gasteiger charge is 2.06. The quantitative estimate of drug-likeness (QED) is 0.483. The molecule has 0 unspecified atom stereocenters. The number of carbonyl (C=O) groups is 1. The first-order chi connectivity index (χ1) is 6.56. The van der Waals surface area contributed by atoms with Crippen LogP contribution < -0.4 is 0 Å². The minimum absolute atomic E-state index is 0.168. The Hall–Kier alpha value is -1.44. The maximum absolute atomic E-state index is 12.9. The van der Waals surface area contributed by atoms with Crippen LogP contribution in [0.4, 0.5) is 4.39 Å². The number of carbonyl (C=O) groups excluding carboxylic acids is 1. The molecule has 0 aliphatic carbocycles. The average molecular weight is 194 g/mol. The summed E-state index contributed by atoms with van der Waals surface area (Å²) in [6, 6.07) is 0. The van der Waals surface area contributed by atoms with Crippen LogP contribution in [0.25, 0.3) is 0 Å². The highest BCUT2D eigenvalue weighted by molar-refractivity contribution is 5.97. The Balaban J connectivity index is 5.33. The fourth-order valence-corrected chi connectivity index (χ4v) is 1.06. The van der Waals surface area contributed by atoms with Crippen molar-refractivity contribution in [2.75, 3.05) is 0 Å². The van der Waals surface area contributed by atoms with Gasteiger partial charge in [-0.05, 0) is 31.1 Å². The Labute approximate surface area is 84.3 Å². The van der Waals surface area contributed by atoms with Gasteiger partial charge in [-0.1, -0.05) is 26.2 Å². The van der Waals surface area contributed by atoms with E-state index >= 15 is 0 Å². The molecule has 0 N–H and O–H groups in total. The van der Waals surface area contributed by atoms with E-state index in [2.05, 4.69) is 13.2 Å². The van der Waals surface area contributed by atoms with Gasteiger partial charge >= 0.3 is 0 Å². The zero-order chi connectivity index (χ0) is 11.1. The molecule has 0 aromatic rings. The number of halogens is 1. The molecule has 0 aliphatic rings. The Morgan fingerprint density at radius 2 is 1.93 bits per heavy atom. The number of hydrogen-bond donors (Lipinski definition) is 0. The van der Waals surface area contributed by atoms with Crippen molar-refractivity contribution >= 4 is 5.78 Å². The van der Waals surface area contributed by atoms with Crippen molar-refractivity contribution in [1.82, 2.24) is 0 Å². The standard InChI is InChI=1S/C12H15FO/c1-5-10(6-2)12(9(4)14)8-11(13)7-3/h5,7-8H,1,3,6H2,2,4H3/b11-8+,12-10-. The second kappa shape index (κ2) is 6.08. The van der Waals surface area contributed by atoms with Crippen LogP contribution in [0.5, 0.6) is 0 Å². The van der Waals surface area contributed by atoms with E-state index in [9.17, 15) is 9.18 Å². The Bertz CT molecular complexity index is 308. The average Bonchev–Trinajstić information content (AvgIpc) is 2.17. The monoisotopic (exact) mass is 194 g/mol. The van der Waals surface area contributed by atoms with Crippen molar-refractivity contribution in [1.29, 1.82) is 0 Å². The van der Waals surface area contributed by atoms with Gasteiger partial charge in [0.05, 0.1) is 0 Å². The summed E-state index contributed by atoms with van der Waals surface area (Å²) in [5.41, 5.74) is 1.11. The van der Waals surface area contributed by atoms with Crippen LogP contribution in [0.15, 0.2) is 48.4 Å². The van der Waals surface area contributed by atoms with Crippen LogP contribution in [0, 0.1) is 0 Å². The molecule has 0 bridgehead atoms. The summed E-state index contributed by atoms with van der Waals surface area (Å²) in [6.07, 6.45) is 4.48. The Morgan fingerprint density at radius 3 is 2.21 bits per heavy atom. The molecule has 0 saturated heterocycles. The third kappa shape index (κ3) is 3.52. The zero-order valence-electron chi connectivity index (χ0n) is 8.64. The molecule has 0 fully saturated rings. The van der Waals surface area contributed by atoms with Crippen molar-refractivity contribution in [3.05, 3.63) is 48.4 Å². The predicted molar refractivity (Wildman–Crippen MR) is 57.6 cm³/mol. The van der Waals surface area contributed by atoms with Crippen LogP contribution in [0.1, 0.15) is 20.3 Å². The number of Topliss-reactive ketones (excluding diaryl/α,β-unsaturated/α-hetero) is 1. The first kappa shape index (κ1) is 12.6. The van der Waals surface area contributed by atoms with Gasteiger partial charge in [-0.3, -0.25) is 4.79 Å². The van der Waals surface area contributed by atoms with Crippen LogP contribution in [-0.2, 0) is 4.79 Å². The molecule has 0 aromatic heterocycles. The highest BCUT2D eigenvalue weighted by Crippen LogP contribution is 2.15. The number of rotatable bonds is 5. The molecule has 0 amide bonds. The second-order valence-electron chi connectivity index (χ2n) is 2.79. The van der Waals surface area contributed by atoms with Gasteiger partial charge in [-0.15, -0.1) is 0 Å². The maximum Gasteiger partial charge on any atom is 0.160 e. The first-order valence-corrected chi connectivity index (χ1v) is 4.42. The van der Waals surface area contributed by atoms with E-state index in [1.54, 1.807) is 6.08 Å². The van der Waals surface area contributed by atoms with Gasteiger partial charge in [0, 0.05) is 5.57 Å². The number of ketones is 1. The molecule has 76 valence electrons. The summed E-state index contributed by atoms with van der Waals surface area (Å²) < 4.78 is 12.9. The lowest BCUT2D eigenvalue weighted by molar-refractivity contribution is -0.113. The molecule has 0 saturated carbocycles. The topological polar surface area (TPSA) is 17.1 Å². The number of allylic oxidation sites excluding steroid dienone is 6. The summed E-state index contributed by atoms with van der Waals surface area (Å²) in [5, 5.41) is 0. The Kier molecular flexibility index (Phi) is 5.46. The van der Waals surface area contributed by atoms with E-state index in [1.807, 2.05) is 6.92 Å². The van der Waals surface area contributed by atoms with Gasteiger partial charge in [-0.25, -0.2) is 4.39 Å². The van der Waals surface area contributed by atoms with Gasteiger partial charge in [0.2, 0.25) is 0 Å². The van der Waals surface area contributed by atoms with Crippen molar-refractivity contribution < 1.29 is 9.18 Å². The lowest BCUT2D eigenvalue weighted by Gasteiger charge is -2.03. The molecule has 0 radical (unpaired) electrons. The summed E-state index contributed by atoms with van der Waals surface area (Å²) in [7, 11) is 0. The molecule has 2 heteroatoms. The summed E-state index contributed by atoms with van der Waals surface area (Å²) >= 11 is 0. The van der Waals surface area contributed by atoms with Gasteiger partial charge in [0.25, 0.3) is 0 Å². The predicted octanol–water partition coefficient (Wildman–Crippen LogP) is 3.51. The highest BCUT2D eigenvalue weighted by atomic mass is 19.1. The molecule has 0 atom stereocenters. The fraction of sp³-hybridized carbons (Fsp3) is 0.250. The zero-order valence-corrected chi connectivity index (χ0v) is 8.64. The molecular weight excluding hydrogens is 179 g/mol. The van der Waals surface area contributed by atoms with E-state index in [1.165, 1.54) is 13.0 Å². The van der Waals surface area contributed by atoms with Crippen molar-refractivity contribution in [3.63, 3.8) is 0 Å². The van der Waals surface area contributed by atoms with Crippen LogP contribution in [0.3, 0.4) is 0 Å². The normalized spacial score (nSPS) is 13.2. The van der Waals surface area contributed by atoms with Gasteiger partial charge in [-0.2, -0.15) is 0 Å². The second-order valence-corrected chi connectivity index (χ2v) is 2.79. The lowest BCUT2D eigenvalue weighted by Crippen LogP contribution is -1.98. The summed E-state index contributed by atoms with van der Waals surface area (Å²) in [6.45, 7) is 10.2. The third-order valence-electron chi connectivity index (χ3n) is 1.83. The summed E-state index contributed by atoms with van der Waals surface area (Å²) in [4.78, 5) is 11.2. The first-order valence-electron chi connectivity index (χ1n) is 4.42. The SMILES string of the molecule is C=C/C(F)=C\C(C(C)=O)=C(/C=C)CC. The van der Waals surface area contributed by atoms with Crippen molar-refractivity contribution in [3.8, 4) is 0 Å². The van der Waals surface area contributed by atoms with E-state index < -0.39 is 5.83 Å². The molecule has 0 heterocycles. The van der Waals surface area contributed by atoms with E-state index in [4.69, 9.17) is 0 Å². The van der Waals surface area contributed by atoms with E-state index in [0.29, 0.717) is 12.0 Å². The molecule has 1 nitrogen and oxygen atoms in total. The summed E-state index contributed by atoms with van der Waals surface area (Å²) in [5.74, 6) is -0.679. The smallest absolute Gasteiger partial charge is 0.160 e.